The number of phosphoric acid groups is 1. The second-order valence-corrected chi connectivity index (χ2v) is 24.2. The smallest absolute Gasteiger partial charge is 0.306 e. The molecule has 0 bridgehead atoms. The number of hydrogen-bond donors (Lipinski definition) is 0. The van der Waals surface area contributed by atoms with Crippen LogP contribution >= 0.6 is 7.82 Å². The van der Waals surface area contributed by atoms with E-state index in [0.717, 1.165) is 57.8 Å². The molecular formula is C66H122NO8P. The van der Waals surface area contributed by atoms with E-state index in [1.807, 2.05) is 21.1 Å². The Morgan fingerprint density at radius 1 is 0.408 bits per heavy atom. The molecule has 0 aliphatic carbocycles. The van der Waals surface area contributed by atoms with Crippen molar-refractivity contribution < 1.29 is 42.1 Å². The Kier molecular flexibility index (Phi) is 55.7. The lowest BCUT2D eigenvalue weighted by molar-refractivity contribution is -0.870. The molecule has 0 rings (SSSR count). The summed E-state index contributed by atoms with van der Waals surface area (Å²) < 4.78 is 34.2. The van der Waals surface area contributed by atoms with Gasteiger partial charge in [-0.25, -0.2) is 0 Å². The van der Waals surface area contributed by atoms with Gasteiger partial charge in [0.1, 0.15) is 19.8 Å². The lowest BCUT2D eigenvalue weighted by atomic mass is 10.0. The van der Waals surface area contributed by atoms with Gasteiger partial charge in [0.05, 0.1) is 27.7 Å². The van der Waals surface area contributed by atoms with Crippen LogP contribution in [0.15, 0.2) is 60.8 Å². The van der Waals surface area contributed by atoms with Gasteiger partial charge in [-0.3, -0.25) is 14.2 Å². The molecule has 0 fully saturated rings. The first-order valence-corrected chi connectivity index (χ1v) is 33.5. The number of esters is 2. The van der Waals surface area contributed by atoms with Gasteiger partial charge in [-0.2, -0.15) is 0 Å². The molecular weight excluding hydrogens is 966 g/mol. The molecule has 2 unspecified atom stereocenters. The summed E-state index contributed by atoms with van der Waals surface area (Å²) >= 11 is 0. The summed E-state index contributed by atoms with van der Waals surface area (Å²) in [5.41, 5.74) is 0. The van der Waals surface area contributed by atoms with Gasteiger partial charge in [0.2, 0.25) is 0 Å². The van der Waals surface area contributed by atoms with Crippen molar-refractivity contribution in [1.82, 2.24) is 0 Å². The molecule has 9 nitrogen and oxygen atoms in total. The third kappa shape index (κ3) is 60.9. The van der Waals surface area contributed by atoms with Gasteiger partial charge in [0.15, 0.2) is 6.10 Å². The molecule has 0 N–H and O–H groups in total. The van der Waals surface area contributed by atoms with Crippen LogP contribution in [-0.2, 0) is 32.7 Å². The predicted octanol–water partition coefficient (Wildman–Crippen LogP) is 19.6. The van der Waals surface area contributed by atoms with E-state index in [2.05, 4.69) is 74.6 Å². The molecule has 10 heteroatoms. The average Bonchev–Trinajstić information content (AvgIpc) is 3.38. The molecule has 0 aliphatic heterocycles. The minimum Gasteiger partial charge on any atom is -0.756 e. The van der Waals surface area contributed by atoms with Crippen LogP contribution in [0.2, 0.25) is 0 Å². The number of rotatable bonds is 59. The molecule has 76 heavy (non-hydrogen) atoms. The van der Waals surface area contributed by atoms with Crippen molar-refractivity contribution in [1.29, 1.82) is 0 Å². The summed E-state index contributed by atoms with van der Waals surface area (Å²) in [5.74, 6) is -0.828. The largest absolute Gasteiger partial charge is 0.756 e. The number of nitrogens with zero attached hydrogens (tertiary/aromatic N) is 1. The van der Waals surface area contributed by atoms with Crippen LogP contribution in [0.4, 0.5) is 0 Å². The Bertz CT molecular complexity index is 1470. The van der Waals surface area contributed by atoms with E-state index in [1.54, 1.807) is 0 Å². The molecule has 0 saturated heterocycles. The number of carbonyl (C=O) groups excluding carboxylic acids is 2. The molecule has 0 aliphatic rings. The number of hydrogen-bond acceptors (Lipinski definition) is 8. The number of allylic oxidation sites excluding steroid dienone is 10. The van der Waals surface area contributed by atoms with Crippen molar-refractivity contribution in [2.45, 2.75) is 302 Å². The highest BCUT2D eigenvalue weighted by atomic mass is 31.2. The quantitative estimate of drug-likeness (QED) is 0.0195. The fraction of sp³-hybridized carbons (Fsp3) is 0.818. The van der Waals surface area contributed by atoms with Gasteiger partial charge >= 0.3 is 11.9 Å². The number of carbonyl (C=O) groups is 2. The zero-order valence-electron chi connectivity index (χ0n) is 50.5. The maximum absolute atomic E-state index is 12.8. The maximum Gasteiger partial charge on any atom is 0.306 e. The van der Waals surface area contributed by atoms with Gasteiger partial charge in [-0.1, -0.05) is 261 Å². The lowest BCUT2D eigenvalue weighted by Crippen LogP contribution is -2.37. The Hall–Kier alpha value is -2.29. The molecule has 0 amide bonds. The first-order valence-electron chi connectivity index (χ1n) is 32.0. The molecule has 0 spiro atoms. The zero-order valence-corrected chi connectivity index (χ0v) is 51.3. The van der Waals surface area contributed by atoms with Crippen molar-refractivity contribution in [3.63, 3.8) is 0 Å². The Labute approximate surface area is 470 Å². The summed E-state index contributed by atoms with van der Waals surface area (Å²) in [6.45, 7) is 4.23. The second-order valence-electron chi connectivity index (χ2n) is 22.8. The third-order valence-electron chi connectivity index (χ3n) is 14.0. The van der Waals surface area contributed by atoms with E-state index in [0.29, 0.717) is 17.4 Å². The summed E-state index contributed by atoms with van der Waals surface area (Å²) in [4.78, 5) is 37.9. The average molecular weight is 1090 g/mol. The van der Waals surface area contributed by atoms with Crippen molar-refractivity contribution >= 4 is 19.8 Å². The van der Waals surface area contributed by atoms with Crippen molar-refractivity contribution in [3.05, 3.63) is 60.8 Å². The van der Waals surface area contributed by atoms with Gasteiger partial charge in [-0.05, 0) is 83.5 Å². The van der Waals surface area contributed by atoms with Gasteiger partial charge in [0.25, 0.3) is 7.82 Å². The Morgan fingerprint density at radius 2 is 0.711 bits per heavy atom. The fourth-order valence-corrected chi connectivity index (χ4v) is 9.78. The molecule has 0 aromatic rings. The Balaban J connectivity index is 4.04. The van der Waals surface area contributed by atoms with Gasteiger partial charge < -0.3 is 27.9 Å². The van der Waals surface area contributed by atoms with E-state index in [-0.39, 0.29) is 32.0 Å². The number of ether oxygens (including phenoxy) is 2. The molecule has 0 aromatic heterocycles. The minimum absolute atomic E-state index is 0.0316. The van der Waals surface area contributed by atoms with E-state index in [9.17, 15) is 19.0 Å². The molecule has 0 aromatic carbocycles. The lowest BCUT2D eigenvalue weighted by Gasteiger charge is -2.28. The first-order chi connectivity index (χ1) is 37.0. The number of unbranched alkanes of at least 4 members (excludes halogenated alkanes) is 35. The van der Waals surface area contributed by atoms with Crippen LogP contribution in [-0.4, -0.2) is 70.0 Å². The molecule has 0 saturated carbocycles. The van der Waals surface area contributed by atoms with E-state index in [4.69, 9.17) is 18.5 Å². The van der Waals surface area contributed by atoms with Crippen molar-refractivity contribution in [2.24, 2.45) is 0 Å². The van der Waals surface area contributed by atoms with Crippen molar-refractivity contribution in [3.8, 4) is 0 Å². The van der Waals surface area contributed by atoms with Crippen molar-refractivity contribution in [2.75, 3.05) is 47.5 Å². The molecule has 0 heterocycles. The summed E-state index contributed by atoms with van der Waals surface area (Å²) in [6.07, 6.45) is 74.2. The highest BCUT2D eigenvalue weighted by Gasteiger charge is 2.22. The van der Waals surface area contributed by atoms with Crippen LogP contribution in [0.25, 0.3) is 0 Å². The van der Waals surface area contributed by atoms with Crippen LogP contribution in [0.3, 0.4) is 0 Å². The number of likely N-dealkylation sites (N-methyl/N-ethyl adjacent to an activating group) is 1. The number of phosphoric ester groups is 1. The summed E-state index contributed by atoms with van der Waals surface area (Å²) in [5, 5.41) is 0. The summed E-state index contributed by atoms with van der Waals surface area (Å²) in [7, 11) is 1.17. The SMILES string of the molecule is CCCCC/C=C\C/C=C\CCCCCCCCCCCC(=O)OCC(COP(=O)([O-])OCC[N+](C)(C)C)OC(=O)CCCCCCCCCCCCCCCCCCCC/C=C\C/C=C\C/C=C\CCCCCCC. The van der Waals surface area contributed by atoms with E-state index >= 15 is 0 Å². The second kappa shape index (κ2) is 57.4. The van der Waals surface area contributed by atoms with Gasteiger partial charge in [0, 0.05) is 12.8 Å². The fourth-order valence-electron chi connectivity index (χ4n) is 9.05. The maximum atomic E-state index is 12.8. The molecule has 0 radical (unpaired) electrons. The van der Waals surface area contributed by atoms with Crippen LogP contribution < -0.4 is 4.89 Å². The van der Waals surface area contributed by atoms with E-state index in [1.165, 1.54) is 205 Å². The molecule has 444 valence electrons. The predicted molar refractivity (Wildman–Crippen MR) is 323 cm³/mol. The highest BCUT2D eigenvalue weighted by molar-refractivity contribution is 7.45. The van der Waals surface area contributed by atoms with Crippen LogP contribution in [0, 0.1) is 0 Å². The third-order valence-corrected chi connectivity index (χ3v) is 15.0. The normalized spacial score (nSPS) is 13.6. The van der Waals surface area contributed by atoms with Gasteiger partial charge in [-0.15, -0.1) is 0 Å². The topological polar surface area (TPSA) is 111 Å². The standard InChI is InChI=1S/C66H122NO8P/c1-6-8-10-12-14-16-18-20-22-24-26-27-28-29-30-31-32-33-34-35-36-37-38-39-41-43-45-47-49-51-53-55-57-59-66(69)75-64(63-74-76(70,71)73-61-60-67(3,4)5)62-72-65(68)58-56-54-52-50-48-46-44-42-40-25-23-21-19-17-15-13-11-9-7-2/h15,17-18,20-21,23-24,26,28-29,64H,6-14,16,19,22,25,27,30-63H2,1-5H3/b17-15-,20-18-,23-21-,26-24-,29-28-. The minimum atomic E-state index is -4.64. The van der Waals surface area contributed by atoms with Crippen LogP contribution in [0.5, 0.6) is 0 Å². The Morgan fingerprint density at radius 3 is 1.08 bits per heavy atom. The van der Waals surface area contributed by atoms with E-state index < -0.39 is 26.5 Å². The summed E-state index contributed by atoms with van der Waals surface area (Å²) in [6, 6.07) is 0. The first kappa shape index (κ1) is 73.7. The highest BCUT2D eigenvalue weighted by Crippen LogP contribution is 2.38. The molecule has 2 atom stereocenters. The monoisotopic (exact) mass is 1090 g/mol. The van der Waals surface area contributed by atoms with Crippen LogP contribution in [0.1, 0.15) is 296 Å². The zero-order chi connectivity index (χ0) is 55.6. The number of quaternary nitrogens is 1.